The molecule has 2 rings (SSSR count). The Balaban J connectivity index is 2.04. The van der Waals surface area contributed by atoms with Crippen molar-refractivity contribution in [2.24, 2.45) is 0 Å². The number of hydrogen-bond donors (Lipinski definition) is 2. The maximum Gasteiger partial charge on any atom is 0.237 e. The molecule has 1 heterocycles. The average Bonchev–Trinajstić information content (AvgIpc) is 2.41. The van der Waals surface area contributed by atoms with E-state index in [0.717, 1.165) is 5.69 Å². The minimum atomic E-state index is -0.439. The van der Waals surface area contributed by atoms with Crippen LogP contribution in [-0.2, 0) is 4.79 Å². The fourth-order valence-corrected chi connectivity index (χ4v) is 2.58. The molecule has 0 saturated carbocycles. The third-order valence-electron chi connectivity index (χ3n) is 2.94. The number of carbonyl (C=O) groups is 1. The molecule has 0 spiro atoms. The van der Waals surface area contributed by atoms with E-state index in [9.17, 15) is 9.18 Å². The highest BCUT2D eigenvalue weighted by atomic mass is 32.2. The van der Waals surface area contributed by atoms with Gasteiger partial charge in [0.2, 0.25) is 5.91 Å². The first-order chi connectivity index (χ1) is 10.3. The topological polar surface area (TPSA) is 80.9 Å². The molecule has 1 unspecified atom stereocenters. The number of anilines is 2. The van der Waals surface area contributed by atoms with Gasteiger partial charge in [-0.3, -0.25) is 4.79 Å². The Labute approximate surface area is 132 Å². The lowest BCUT2D eigenvalue weighted by Gasteiger charge is -2.12. The lowest BCUT2D eigenvalue weighted by Crippen LogP contribution is -2.22. The van der Waals surface area contributed by atoms with Crippen molar-refractivity contribution in [3.8, 4) is 0 Å². The number of carbonyl (C=O) groups excluding carboxylic acids is 1. The van der Waals surface area contributed by atoms with Crippen LogP contribution in [0.4, 0.5) is 15.9 Å². The third kappa shape index (κ3) is 4.17. The summed E-state index contributed by atoms with van der Waals surface area (Å²) in [5.41, 5.74) is 7.35. The van der Waals surface area contributed by atoms with Crippen molar-refractivity contribution in [3.63, 3.8) is 0 Å². The molecule has 0 fully saturated rings. The Bertz CT molecular complexity index is 688. The zero-order chi connectivity index (χ0) is 16.3. The molecule has 3 N–H and O–H groups in total. The molecule has 0 saturated heterocycles. The van der Waals surface area contributed by atoms with Crippen molar-refractivity contribution in [3.05, 3.63) is 41.3 Å². The predicted molar refractivity (Wildman–Crippen MR) is 86.3 cm³/mol. The van der Waals surface area contributed by atoms with Crippen molar-refractivity contribution < 1.29 is 9.18 Å². The zero-order valence-electron chi connectivity index (χ0n) is 12.6. The molecule has 116 valence electrons. The summed E-state index contributed by atoms with van der Waals surface area (Å²) in [7, 11) is 0. The molecule has 1 aromatic heterocycles. The van der Waals surface area contributed by atoms with Crippen molar-refractivity contribution in [1.29, 1.82) is 0 Å². The Morgan fingerprint density at radius 3 is 2.68 bits per heavy atom. The number of rotatable bonds is 4. The highest BCUT2D eigenvalue weighted by molar-refractivity contribution is 8.00. The van der Waals surface area contributed by atoms with Gasteiger partial charge in [0.25, 0.3) is 0 Å². The molecule has 1 amide bonds. The number of aryl methyl sites for hydroxylation is 2. The van der Waals surface area contributed by atoms with Gasteiger partial charge in [-0.25, -0.2) is 14.4 Å². The molecule has 0 radical (unpaired) electrons. The molecule has 0 aliphatic carbocycles. The molecule has 1 aromatic carbocycles. The summed E-state index contributed by atoms with van der Waals surface area (Å²) < 4.78 is 13.5. The molecular formula is C15H17FN4OS. The minimum Gasteiger partial charge on any atom is -0.384 e. The van der Waals surface area contributed by atoms with Gasteiger partial charge in [0.1, 0.15) is 11.6 Å². The fraction of sp³-hybridized carbons (Fsp3) is 0.267. The average molecular weight is 320 g/mol. The number of amides is 1. The maximum absolute atomic E-state index is 13.5. The number of nitrogens with two attached hydrogens (primary N) is 1. The van der Waals surface area contributed by atoms with Crippen molar-refractivity contribution in [2.45, 2.75) is 31.2 Å². The number of aromatic nitrogens is 2. The molecule has 1 atom stereocenters. The smallest absolute Gasteiger partial charge is 0.237 e. The first kappa shape index (κ1) is 16.2. The van der Waals surface area contributed by atoms with E-state index in [1.54, 1.807) is 32.0 Å². The van der Waals surface area contributed by atoms with Crippen LogP contribution in [0, 0.1) is 19.7 Å². The SMILES string of the molecule is Cc1cc(N)nc(SC(C)C(=O)Nc2ccc(C)c(F)c2)n1. The van der Waals surface area contributed by atoms with Gasteiger partial charge < -0.3 is 11.1 Å². The summed E-state index contributed by atoms with van der Waals surface area (Å²) in [5.74, 6) is -0.243. The zero-order valence-corrected chi connectivity index (χ0v) is 13.4. The number of nitrogens with zero attached hydrogens (tertiary/aromatic N) is 2. The van der Waals surface area contributed by atoms with Crippen LogP contribution in [0.1, 0.15) is 18.2 Å². The second-order valence-corrected chi connectivity index (χ2v) is 6.24. The van der Waals surface area contributed by atoms with E-state index in [0.29, 0.717) is 22.2 Å². The normalized spacial score (nSPS) is 12.0. The van der Waals surface area contributed by atoms with Crippen LogP contribution in [0.5, 0.6) is 0 Å². The number of nitrogen functional groups attached to an aromatic ring is 1. The number of benzene rings is 1. The predicted octanol–water partition coefficient (Wildman–Crippen LogP) is 2.93. The summed E-state index contributed by atoms with van der Waals surface area (Å²) in [6, 6.07) is 6.23. The Morgan fingerprint density at radius 1 is 1.32 bits per heavy atom. The van der Waals surface area contributed by atoms with Crippen LogP contribution in [0.25, 0.3) is 0 Å². The Morgan fingerprint density at radius 2 is 2.05 bits per heavy atom. The summed E-state index contributed by atoms with van der Waals surface area (Å²) in [5, 5.41) is 2.67. The lowest BCUT2D eigenvalue weighted by molar-refractivity contribution is -0.115. The maximum atomic E-state index is 13.5. The van der Waals surface area contributed by atoms with Gasteiger partial charge in [0, 0.05) is 17.4 Å². The van der Waals surface area contributed by atoms with Crippen molar-refractivity contribution in [2.75, 3.05) is 11.1 Å². The van der Waals surface area contributed by atoms with E-state index in [-0.39, 0.29) is 11.7 Å². The van der Waals surface area contributed by atoms with Crippen molar-refractivity contribution >= 4 is 29.2 Å². The first-order valence-electron chi connectivity index (χ1n) is 6.70. The number of hydrogen-bond acceptors (Lipinski definition) is 5. The van der Waals surface area contributed by atoms with Crippen LogP contribution in [-0.4, -0.2) is 21.1 Å². The van der Waals surface area contributed by atoms with E-state index in [1.807, 2.05) is 6.92 Å². The molecule has 0 bridgehead atoms. The van der Waals surface area contributed by atoms with Crippen LogP contribution in [0.15, 0.2) is 29.4 Å². The van der Waals surface area contributed by atoms with E-state index in [2.05, 4.69) is 15.3 Å². The van der Waals surface area contributed by atoms with Gasteiger partial charge in [-0.05, 0) is 38.5 Å². The first-order valence-corrected chi connectivity index (χ1v) is 7.58. The standard InChI is InChI=1S/C15H17FN4OS/c1-8-4-5-11(7-12(8)16)19-14(21)10(3)22-15-18-9(2)6-13(17)20-15/h4-7,10H,1-3H3,(H,19,21)(H2,17,18,20). The van der Waals surface area contributed by atoms with Crippen LogP contribution in [0.3, 0.4) is 0 Å². The van der Waals surface area contributed by atoms with Crippen LogP contribution < -0.4 is 11.1 Å². The van der Waals surface area contributed by atoms with Crippen LogP contribution >= 0.6 is 11.8 Å². The molecule has 2 aromatic rings. The van der Waals surface area contributed by atoms with E-state index in [1.165, 1.54) is 17.8 Å². The highest BCUT2D eigenvalue weighted by Gasteiger charge is 2.17. The molecule has 7 heteroatoms. The molecule has 5 nitrogen and oxygen atoms in total. The van der Waals surface area contributed by atoms with Gasteiger partial charge in [0.15, 0.2) is 5.16 Å². The monoisotopic (exact) mass is 320 g/mol. The molecular weight excluding hydrogens is 303 g/mol. The number of nitrogens with one attached hydrogen (secondary N) is 1. The number of thioether (sulfide) groups is 1. The fourth-order valence-electron chi connectivity index (χ4n) is 1.74. The molecule has 0 aliphatic rings. The second-order valence-electron chi connectivity index (χ2n) is 4.93. The number of halogens is 1. The lowest BCUT2D eigenvalue weighted by atomic mass is 10.2. The molecule has 22 heavy (non-hydrogen) atoms. The summed E-state index contributed by atoms with van der Waals surface area (Å²) >= 11 is 1.20. The van der Waals surface area contributed by atoms with E-state index < -0.39 is 5.25 Å². The molecule has 0 aliphatic heterocycles. The highest BCUT2D eigenvalue weighted by Crippen LogP contribution is 2.22. The van der Waals surface area contributed by atoms with Crippen LogP contribution in [0.2, 0.25) is 0 Å². The minimum absolute atomic E-state index is 0.253. The largest absolute Gasteiger partial charge is 0.384 e. The van der Waals surface area contributed by atoms with Gasteiger partial charge in [-0.1, -0.05) is 17.8 Å². The summed E-state index contributed by atoms with van der Waals surface area (Å²) in [6.45, 7) is 5.20. The van der Waals surface area contributed by atoms with Gasteiger partial charge in [-0.15, -0.1) is 0 Å². The van der Waals surface area contributed by atoms with E-state index >= 15 is 0 Å². The quantitative estimate of drug-likeness (QED) is 0.669. The van der Waals surface area contributed by atoms with E-state index in [4.69, 9.17) is 5.73 Å². The van der Waals surface area contributed by atoms with Gasteiger partial charge >= 0.3 is 0 Å². The second kappa shape index (κ2) is 6.74. The summed E-state index contributed by atoms with van der Waals surface area (Å²) in [4.78, 5) is 20.4. The van der Waals surface area contributed by atoms with Gasteiger partial charge in [-0.2, -0.15) is 0 Å². The summed E-state index contributed by atoms with van der Waals surface area (Å²) in [6.07, 6.45) is 0. The Hall–Kier alpha value is -2.15. The van der Waals surface area contributed by atoms with Crippen molar-refractivity contribution in [1.82, 2.24) is 9.97 Å². The Kier molecular flexibility index (Phi) is 4.97. The third-order valence-corrected chi connectivity index (χ3v) is 3.91. The van der Waals surface area contributed by atoms with Gasteiger partial charge in [0.05, 0.1) is 5.25 Å².